The number of halogens is 1. The highest BCUT2D eigenvalue weighted by atomic mass is 127. The minimum atomic E-state index is 0. The molecule has 0 amide bonds. The van der Waals surface area contributed by atoms with Crippen LogP contribution in [0.5, 0.6) is 0 Å². The van der Waals surface area contributed by atoms with Gasteiger partial charge < -0.3 is 20.7 Å². The van der Waals surface area contributed by atoms with Crippen LogP contribution in [0, 0.1) is 0 Å². The quantitative estimate of drug-likeness (QED) is 0.301. The van der Waals surface area contributed by atoms with Crippen LogP contribution in [-0.4, -0.2) is 58.3 Å². The summed E-state index contributed by atoms with van der Waals surface area (Å²) < 4.78 is 4.97. The molecule has 0 bridgehead atoms. The molecule has 92 valence electrons. The maximum atomic E-state index is 5.48. The lowest BCUT2D eigenvalue weighted by Gasteiger charge is -2.16. The molecule has 0 rings (SSSR count). The second-order valence-corrected chi connectivity index (χ2v) is 3.19. The van der Waals surface area contributed by atoms with E-state index < -0.39 is 0 Å². The SMILES string of the molecule is CN=C(N)NCCN(C)CCCOC.I. The van der Waals surface area contributed by atoms with Gasteiger partial charge in [0.25, 0.3) is 0 Å². The van der Waals surface area contributed by atoms with Gasteiger partial charge in [0, 0.05) is 40.4 Å². The van der Waals surface area contributed by atoms with Crippen molar-refractivity contribution in [2.45, 2.75) is 6.42 Å². The molecule has 15 heavy (non-hydrogen) atoms. The smallest absolute Gasteiger partial charge is 0.188 e. The van der Waals surface area contributed by atoms with Crippen LogP contribution in [0.3, 0.4) is 0 Å². The second-order valence-electron chi connectivity index (χ2n) is 3.19. The highest BCUT2D eigenvalue weighted by molar-refractivity contribution is 14.0. The number of hydrogen-bond acceptors (Lipinski definition) is 3. The lowest BCUT2D eigenvalue weighted by atomic mass is 10.4. The van der Waals surface area contributed by atoms with Crippen molar-refractivity contribution in [3.63, 3.8) is 0 Å². The number of likely N-dealkylation sites (N-methyl/N-ethyl adjacent to an activating group) is 1. The van der Waals surface area contributed by atoms with Crippen molar-refractivity contribution in [1.29, 1.82) is 0 Å². The molecule has 0 aromatic heterocycles. The topological polar surface area (TPSA) is 62.9 Å². The first-order chi connectivity index (χ1) is 6.70. The molecule has 0 aliphatic rings. The predicted octanol–water partition coefficient (Wildman–Crippen LogP) is 0.107. The first kappa shape index (κ1) is 17.3. The molecule has 0 aromatic rings. The van der Waals surface area contributed by atoms with Gasteiger partial charge in [-0.2, -0.15) is 0 Å². The molecule has 0 aliphatic carbocycles. The Kier molecular flexibility index (Phi) is 13.8. The van der Waals surface area contributed by atoms with Gasteiger partial charge in [0.05, 0.1) is 0 Å². The van der Waals surface area contributed by atoms with Crippen LogP contribution >= 0.6 is 24.0 Å². The number of ether oxygens (including phenoxy) is 1. The van der Waals surface area contributed by atoms with Gasteiger partial charge in [0.2, 0.25) is 0 Å². The second kappa shape index (κ2) is 12.0. The Bertz CT molecular complexity index is 166. The van der Waals surface area contributed by atoms with Crippen molar-refractivity contribution < 1.29 is 4.74 Å². The molecule has 5 nitrogen and oxygen atoms in total. The lowest BCUT2D eigenvalue weighted by Crippen LogP contribution is -2.37. The van der Waals surface area contributed by atoms with Crippen molar-refractivity contribution in [3.05, 3.63) is 0 Å². The molecule has 0 aliphatic heterocycles. The van der Waals surface area contributed by atoms with Gasteiger partial charge in [-0.3, -0.25) is 4.99 Å². The van der Waals surface area contributed by atoms with Crippen LogP contribution < -0.4 is 11.1 Å². The average molecular weight is 330 g/mol. The summed E-state index contributed by atoms with van der Waals surface area (Å²) in [6, 6.07) is 0. The van der Waals surface area contributed by atoms with E-state index in [0.717, 1.165) is 32.7 Å². The van der Waals surface area contributed by atoms with E-state index in [-0.39, 0.29) is 24.0 Å². The number of guanidine groups is 1. The van der Waals surface area contributed by atoms with Gasteiger partial charge >= 0.3 is 0 Å². The number of rotatable bonds is 7. The summed E-state index contributed by atoms with van der Waals surface area (Å²) in [7, 11) is 5.47. The highest BCUT2D eigenvalue weighted by Crippen LogP contribution is 1.86. The van der Waals surface area contributed by atoms with Gasteiger partial charge in [0.15, 0.2) is 5.96 Å². The van der Waals surface area contributed by atoms with Gasteiger partial charge in [-0.25, -0.2) is 0 Å². The largest absolute Gasteiger partial charge is 0.385 e. The Morgan fingerprint density at radius 1 is 1.47 bits per heavy atom. The molecule has 0 unspecified atom stereocenters. The Morgan fingerprint density at radius 2 is 2.13 bits per heavy atom. The van der Waals surface area contributed by atoms with E-state index in [1.54, 1.807) is 14.2 Å². The third kappa shape index (κ3) is 11.8. The fourth-order valence-electron chi connectivity index (χ4n) is 1.04. The maximum absolute atomic E-state index is 5.48. The zero-order chi connectivity index (χ0) is 10.8. The fraction of sp³-hybridized carbons (Fsp3) is 0.889. The van der Waals surface area contributed by atoms with Crippen LogP contribution in [0.15, 0.2) is 4.99 Å². The summed E-state index contributed by atoms with van der Waals surface area (Å²) in [6.45, 7) is 3.64. The fourth-order valence-corrected chi connectivity index (χ4v) is 1.04. The summed E-state index contributed by atoms with van der Waals surface area (Å²) in [5, 5.41) is 3.01. The number of aliphatic imine (C=N–C) groups is 1. The van der Waals surface area contributed by atoms with E-state index in [4.69, 9.17) is 10.5 Å². The Morgan fingerprint density at radius 3 is 2.67 bits per heavy atom. The van der Waals surface area contributed by atoms with Gasteiger partial charge in [-0.1, -0.05) is 0 Å². The molecule has 0 saturated carbocycles. The molecule has 0 fully saturated rings. The third-order valence-corrected chi connectivity index (χ3v) is 1.93. The monoisotopic (exact) mass is 330 g/mol. The summed E-state index contributed by atoms with van der Waals surface area (Å²) in [5.74, 6) is 0.496. The number of nitrogens with one attached hydrogen (secondary N) is 1. The van der Waals surface area contributed by atoms with Crippen LogP contribution in [0.25, 0.3) is 0 Å². The van der Waals surface area contributed by atoms with E-state index in [0.29, 0.717) is 5.96 Å². The normalized spacial score (nSPS) is 11.3. The van der Waals surface area contributed by atoms with E-state index in [2.05, 4.69) is 22.3 Å². The third-order valence-electron chi connectivity index (χ3n) is 1.93. The summed E-state index contributed by atoms with van der Waals surface area (Å²) in [4.78, 5) is 6.04. The molecule has 0 aromatic carbocycles. The predicted molar refractivity (Wildman–Crippen MR) is 75.0 cm³/mol. The van der Waals surface area contributed by atoms with Gasteiger partial charge in [0.1, 0.15) is 0 Å². The highest BCUT2D eigenvalue weighted by Gasteiger charge is 1.97. The first-order valence-electron chi connectivity index (χ1n) is 4.84. The molecule has 3 N–H and O–H groups in total. The average Bonchev–Trinajstić information content (AvgIpc) is 2.18. The van der Waals surface area contributed by atoms with E-state index in [1.165, 1.54) is 0 Å². The van der Waals surface area contributed by atoms with E-state index in [1.807, 2.05) is 0 Å². The number of hydrogen-bond donors (Lipinski definition) is 2. The van der Waals surface area contributed by atoms with Crippen molar-refractivity contribution in [1.82, 2.24) is 10.2 Å². The zero-order valence-electron chi connectivity index (χ0n) is 9.82. The molecule has 0 spiro atoms. The number of nitrogens with zero attached hydrogens (tertiary/aromatic N) is 2. The van der Waals surface area contributed by atoms with Crippen molar-refractivity contribution in [3.8, 4) is 0 Å². The molecule has 0 saturated heterocycles. The van der Waals surface area contributed by atoms with Crippen LogP contribution in [0.4, 0.5) is 0 Å². The molecule has 0 radical (unpaired) electrons. The minimum Gasteiger partial charge on any atom is -0.385 e. The van der Waals surface area contributed by atoms with Crippen molar-refractivity contribution in [2.75, 3.05) is 47.4 Å². The number of methoxy groups -OCH3 is 1. The summed E-state index contributed by atoms with van der Waals surface area (Å²) in [5.41, 5.74) is 5.48. The molecular formula is C9H23IN4O. The van der Waals surface area contributed by atoms with Crippen molar-refractivity contribution >= 4 is 29.9 Å². The van der Waals surface area contributed by atoms with Crippen LogP contribution in [-0.2, 0) is 4.74 Å². The first-order valence-corrected chi connectivity index (χ1v) is 4.84. The lowest BCUT2D eigenvalue weighted by molar-refractivity contribution is 0.180. The van der Waals surface area contributed by atoms with Crippen LogP contribution in [0.1, 0.15) is 6.42 Å². The minimum absolute atomic E-state index is 0. The van der Waals surface area contributed by atoms with Crippen LogP contribution in [0.2, 0.25) is 0 Å². The van der Waals surface area contributed by atoms with Gasteiger partial charge in [-0.15, -0.1) is 24.0 Å². The van der Waals surface area contributed by atoms with E-state index in [9.17, 15) is 0 Å². The zero-order valence-corrected chi connectivity index (χ0v) is 12.2. The van der Waals surface area contributed by atoms with Crippen molar-refractivity contribution in [2.24, 2.45) is 10.7 Å². The summed E-state index contributed by atoms with van der Waals surface area (Å²) in [6.07, 6.45) is 1.06. The summed E-state index contributed by atoms with van der Waals surface area (Å²) >= 11 is 0. The molecule has 0 atom stereocenters. The molecule has 6 heteroatoms. The molecular weight excluding hydrogens is 307 g/mol. The maximum Gasteiger partial charge on any atom is 0.188 e. The van der Waals surface area contributed by atoms with Gasteiger partial charge in [-0.05, 0) is 13.5 Å². The Labute approximate surface area is 109 Å². The number of nitrogens with two attached hydrogens (primary N) is 1. The van der Waals surface area contributed by atoms with E-state index >= 15 is 0 Å². The Hall–Kier alpha value is -0.0800. The standard InChI is InChI=1S/C9H22N4O.HI/c1-11-9(10)12-5-7-13(2)6-4-8-14-3;/h4-8H2,1-3H3,(H3,10,11,12);1H. The molecule has 0 heterocycles. The Balaban J connectivity index is 0.